The molecule has 0 fully saturated rings. The maximum absolute atomic E-state index is 12.2. The van der Waals surface area contributed by atoms with Gasteiger partial charge in [0.15, 0.2) is 0 Å². The Morgan fingerprint density at radius 1 is 1.19 bits per heavy atom. The summed E-state index contributed by atoms with van der Waals surface area (Å²) in [5.41, 5.74) is 2.43. The molecule has 0 radical (unpaired) electrons. The van der Waals surface area contributed by atoms with E-state index in [9.17, 15) is 9.90 Å². The summed E-state index contributed by atoms with van der Waals surface area (Å²) in [6, 6.07) is 7.37. The molecule has 1 aromatic rings. The van der Waals surface area contributed by atoms with Gasteiger partial charge in [0.25, 0.3) is 0 Å². The number of carbonyl (C=O) groups is 1. The molecule has 2 atom stereocenters. The molecule has 5 heteroatoms. The van der Waals surface area contributed by atoms with E-state index in [1.807, 2.05) is 33.2 Å². The van der Waals surface area contributed by atoms with Crippen molar-refractivity contribution in [3.05, 3.63) is 53.6 Å². The fraction of sp³-hybridized carbons (Fsp3) is 0.476. The smallest absolute Gasteiger partial charge is 0.315 e. The van der Waals surface area contributed by atoms with E-state index in [1.165, 1.54) is 5.57 Å². The zero-order valence-corrected chi connectivity index (χ0v) is 16.0. The van der Waals surface area contributed by atoms with Crippen LogP contribution in [0.15, 0.2) is 48.1 Å². The molecule has 0 saturated heterocycles. The molecule has 1 aliphatic carbocycles. The fourth-order valence-corrected chi connectivity index (χ4v) is 3.05. The van der Waals surface area contributed by atoms with Crippen LogP contribution in [0.3, 0.4) is 0 Å². The Bertz CT molecular complexity index is 635. The van der Waals surface area contributed by atoms with Gasteiger partial charge in [-0.3, -0.25) is 0 Å². The first-order valence-electron chi connectivity index (χ1n) is 9.28. The van der Waals surface area contributed by atoms with Gasteiger partial charge in [-0.25, -0.2) is 4.79 Å². The number of benzene rings is 1. The highest BCUT2D eigenvalue weighted by atomic mass is 16.3. The summed E-state index contributed by atoms with van der Waals surface area (Å²) in [5.74, 6) is 0.268. The van der Waals surface area contributed by atoms with E-state index in [0.29, 0.717) is 6.54 Å². The SMILES string of the molecule is CC(CC1=CCCC=C1)NC(=O)NCC(Cc1ccc(O)cc1)N(C)C. The van der Waals surface area contributed by atoms with Crippen LogP contribution in [0.2, 0.25) is 0 Å². The lowest BCUT2D eigenvalue weighted by atomic mass is 10.0. The van der Waals surface area contributed by atoms with Crippen LogP contribution in [0.4, 0.5) is 4.79 Å². The number of urea groups is 1. The second-order valence-electron chi connectivity index (χ2n) is 7.21. The van der Waals surface area contributed by atoms with E-state index in [1.54, 1.807) is 12.1 Å². The second-order valence-corrected chi connectivity index (χ2v) is 7.21. The molecule has 142 valence electrons. The number of carbonyl (C=O) groups excluding carboxylic acids is 1. The molecule has 0 bridgehead atoms. The standard InChI is InChI=1S/C21H31N3O2/c1-16(13-17-7-5-4-6-8-17)23-21(26)22-15-19(24(2)3)14-18-9-11-20(25)12-10-18/h5,7-12,16,19,25H,4,6,13-15H2,1-3H3,(H2,22,23,26). The second kappa shape index (κ2) is 10.0. The Hall–Kier alpha value is -2.27. The topological polar surface area (TPSA) is 64.6 Å². The first-order valence-corrected chi connectivity index (χ1v) is 9.28. The molecule has 1 aromatic carbocycles. The van der Waals surface area contributed by atoms with Gasteiger partial charge >= 0.3 is 6.03 Å². The number of amides is 2. The van der Waals surface area contributed by atoms with Crippen LogP contribution in [0.1, 0.15) is 31.7 Å². The number of allylic oxidation sites excluding steroid dienone is 3. The summed E-state index contributed by atoms with van der Waals surface area (Å²) in [4.78, 5) is 14.3. The highest BCUT2D eigenvalue weighted by Gasteiger charge is 2.15. The third-order valence-electron chi connectivity index (χ3n) is 4.63. The Kier molecular flexibility index (Phi) is 7.73. The van der Waals surface area contributed by atoms with Crippen molar-refractivity contribution in [3.63, 3.8) is 0 Å². The lowest BCUT2D eigenvalue weighted by Crippen LogP contribution is -2.47. The van der Waals surface area contributed by atoms with Gasteiger partial charge in [0.1, 0.15) is 5.75 Å². The lowest BCUT2D eigenvalue weighted by molar-refractivity contribution is 0.229. The van der Waals surface area contributed by atoms with Crippen LogP contribution in [-0.4, -0.2) is 48.8 Å². The van der Waals surface area contributed by atoms with Gasteiger partial charge in [-0.05, 0) is 64.4 Å². The minimum absolute atomic E-state index is 0.0962. The van der Waals surface area contributed by atoms with Crippen molar-refractivity contribution in [1.82, 2.24) is 15.5 Å². The maximum atomic E-state index is 12.2. The quantitative estimate of drug-likeness (QED) is 0.669. The van der Waals surface area contributed by atoms with Crippen molar-refractivity contribution in [2.24, 2.45) is 0 Å². The number of nitrogens with one attached hydrogen (secondary N) is 2. The van der Waals surface area contributed by atoms with E-state index in [-0.39, 0.29) is 23.9 Å². The van der Waals surface area contributed by atoms with Crippen LogP contribution >= 0.6 is 0 Å². The van der Waals surface area contributed by atoms with Crippen molar-refractivity contribution in [2.45, 2.75) is 44.7 Å². The van der Waals surface area contributed by atoms with Crippen LogP contribution in [-0.2, 0) is 6.42 Å². The predicted molar refractivity (Wildman–Crippen MR) is 106 cm³/mol. The number of likely N-dealkylation sites (N-methyl/N-ethyl adjacent to an activating group) is 1. The third-order valence-corrected chi connectivity index (χ3v) is 4.63. The van der Waals surface area contributed by atoms with Crippen molar-refractivity contribution < 1.29 is 9.90 Å². The van der Waals surface area contributed by atoms with Crippen molar-refractivity contribution in [3.8, 4) is 5.75 Å². The minimum atomic E-state index is -0.129. The molecule has 3 N–H and O–H groups in total. The van der Waals surface area contributed by atoms with Crippen molar-refractivity contribution in [1.29, 1.82) is 0 Å². The average Bonchev–Trinajstić information content (AvgIpc) is 2.60. The van der Waals surface area contributed by atoms with Gasteiger partial charge in [0.2, 0.25) is 0 Å². The van der Waals surface area contributed by atoms with Gasteiger partial charge < -0.3 is 20.6 Å². The molecule has 1 aliphatic rings. The van der Waals surface area contributed by atoms with E-state index < -0.39 is 0 Å². The molecule has 0 aromatic heterocycles. The summed E-state index contributed by atoms with van der Waals surface area (Å²) in [6.45, 7) is 2.60. The van der Waals surface area contributed by atoms with Gasteiger partial charge in [0, 0.05) is 18.6 Å². The number of phenols is 1. The Morgan fingerprint density at radius 2 is 1.92 bits per heavy atom. The number of hydrogen-bond acceptors (Lipinski definition) is 3. The molecule has 2 rings (SSSR count). The Morgan fingerprint density at radius 3 is 2.54 bits per heavy atom. The summed E-state index contributed by atoms with van der Waals surface area (Å²) < 4.78 is 0. The van der Waals surface area contributed by atoms with E-state index in [2.05, 4.69) is 33.8 Å². The van der Waals surface area contributed by atoms with Crippen LogP contribution in [0, 0.1) is 0 Å². The molecule has 0 aliphatic heterocycles. The normalized spacial score (nSPS) is 16.1. The average molecular weight is 357 g/mol. The summed E-state index contributed by atoms with van der Waals surface area (Å²) in [5, 5.41) is 15.4. The van der Waals surface area contributed by atoms with Crippen LogP contribution in [0.25, 0.3) is 0 Å². The minimum Gasteiger partial charge on any atom is -0.508 e. The number of nitrogens with zero attached hydrogens (tertiary/aromatic N) is 1. The summed E-state index contributed by atoms with van der Waals surface area (Å²) >= 11 is 0. The fourth-order valence-electron chi connectivity index (χ4n) is 3.05. The third kappa shape index (κ3) is 6.92. The molecular formula is C21H31N3O2. The van der Waals surface area contributed by atoms with E-state index in [0.717, 1.165) is 31.2 Å². The number of aromatic hydroxyl groups is 1. The van der Waals surface area contributed by atoms with Crippen LogP contribution < -0.4 is 10.6 Å². The zero-order chi connectivity index (χ0) is 18.9. The van der Waals surface area contributed by atoms with Crippen molar-refractivity contribution >= 4 is 6.03 Å². The summed E-state index contributed by atoms with van der Waals surface area (Å²) in [7, 11) is 4.02. The molecule has 0 saturated carbocycles. The monoisotopic (exact) mass is 357 g/mol. The van der Waals surface area contributed by atoms with Gasteiger partial charge in [0.05, 0.1) is 0 Å². The molecular weight excluding hydrogens is 326 g/mol. The largest absolute Gasteiger partial charge is 0.508 e. The van der Waals surface area contributed by atoms with Gasteiger partial charge in [-0.1, -0.05) is 35.9 Å². The van der Waals surface area contributed by atoms with Gasteiger partial charge in [-0.2, -0.15) is 0 Å². The Balaban J connectivity index is 1.78. The number of phenolic OH excluding ortho intramolecular Hbond substituents is 1. The van der Waals surface area contributed by atoms with Crippen LogP contribution in [0.5, 0.6) is 5.75 Å². The summed E-state index contributed by atoms with van der Waals surface area (Å²) in [6.07, 6.45) is 10.4. The molecule has 2 amide bonds. The number of rotatable bonds is 8. The predicted octanol–water partition coefficient (Wildman–Crippen LogP) is 3.22. The first-order chi connectivity index (χ1) is 12.4. The highest BCUT2D eigenvalue weighted by molar-refractivity contribution is 5.74. The first kappa shape index (κ1) is 20.0. The molecule has 0 spiro atoms. The Labute approximate surface area is 156 Å². The highest BCUT2D eigenvalue weighted by Crippen LogP contribution is 2.15. The van der Waals surface area contributed by atoms with E-state index >= 15 is 0 Å². The van der Waals surface area contributed by atoms with E-state index in [4.69, 9.17) is 0 Å². The lowest BCUT2D eigenvalue weighted by Gasteiger charge is -2.25. The van der Waals surface area contributed by atoms with Crippen molar-refractivity contribution in [2.75, 3.05) is 20.6 Å². The molecule has 26 heavy (non-hydrogen) atoms. The number of hydrogen-bond donors (Lipinski definition) is 3. The molecule has 2 unspecified atom stereocenters. The zero-order valence-electron chi connectivity index (χ0n) is 16.0. The van der Waals surface area contributed by atoms with Gasteiger partial charge in [-0.15, -0.1) is 0 Å². The molecule has 0 heterocycles. The molecule has 5 nitrogen and oxygen atoms in total. The maximum Gasteiger partial charge on any atom is 0.315 e.